The van der Waals surface area contributed by atoms with Gasteiger partial charge in [-0.15, -0.1) is 0 Å². The van der Waals surface area contributed by atoms with Crippen molar-refractivity contribution in [2.24, 2.45) is 5.92 Å². The summed E-state index contributed by atoms with van der Waals surface area (Å²) in [5.74, 6) is -0.976. The fraction of sp³-hybridized carbons (Fsp3) is 0.750. The molecular formula is C8H13INO3-. The van der Waals surface area contributed by atoms with Crippen molar-refractivity contribution in [2.75, 3.05) is 15.4 Å². The van der Waals surface area contributed by atoms with Gasteiger partial charge in [-0.2, -0.15) is 0 Å². The van der Waals surface area contributed by atoms with E-state index in [1.54, 1.807) is 0 Å². The number of hydrogen-bond acceptors (Lipinski definition) is 2. The summed E-state index contributed by atoms with van der Waals surface area (Å²) < 4.78 is 2.40. The fourth-order valence-corrected chi connectivity index (χ4v) is 4.15. The Balaban J connectivity index is 2.25. The Hall–Kier alpha value is -0.330. The molecule has 1 aliphatic heterocycles. The van der Waals surface area contributed by atoms with Gasteiger partial charge in [0.1, 0.15) is 0 Å². The van der Waals surface area contributed by atoms with E-state index in [9.17, 15) is 9.59 Å². The van der Waals surface area contributed by atoms with E-state index in [2.05, 4.69) is 5.32 Å². The summed E-state index contributed by atoms with van der Waals surface area (Å²) in [5.41, 5.74) is 0. The Morgan fingerprint density at radius 3 is 2.54 bits per heavy atom. The molecule has 1 fully saturated rings. The van der Waals surface area contributed by atoms with Crippen LogP contribution in [0.4, 0.5) is 0 Å². The number of rotatable bonds is 3. The van der Waals surface area contributed by atoms with Gasteiger partial charge in [-0.3, -0.25) is 0 Å². The standard InChI is InChI=1S/C8H13INO3/c11-7(12)5-10-8(13)6-1-3-9-4-2-6/h6H,1-5H2,(H,10,13)(H,11,12)/q-1. The van der Waals surface area contributed by atoms with Gasteiger partial charge in [0.25, 0.3) is 0 Å². The third-order valence-electron chi connectivity index (χ3n) is 1.97. The van der Waals surface area contributed by atoms with Crippen LogP contribution in [0.5, 0.6) is 0 Å². The monoisotopic (exact) mass is 298 g/mol. The number of carbonyl (C=O) groups is 2. The number of carboxylic acids is 1. The molecule has 0 saturated carbocycles. The zero-order valence-corrected chi connectivity index (χ0v) is 9.41. The fourth-order valence-electron chi connectivity index (χ4n) is 1.23. The third kappa shape index (κ3) is 3.93. The third-order valence-corrected chi connectivity index (χ3v) is 4.74. The van der Waals surface area contributed by atoms with Crippen molar-refractivity contribution < 1.29 is 35.9 Å². The molecule has 1 rings (SSSR count). The predicted molar refractivity (Wildman–Crippen MR) is 43.1 cm³/mol. The molecule has 0 bridgehead atoms. The molecular weight excluding hydrogens is 285 g/mol. The molecule has 1 amide bonds. The number of carboxylic acid groups (broad SMARTS) is 1. The van der Waals surface area contributed by atoms with Gasteiger partial charge in [0.15, 0.2) is 0 Å². The van der Waals surface area contributed by atoms with E-state index in [0.29, 0.717) is 21.2 Å². The van der Waals surface area contributed by atoms with Crippen LogP contribution in [0.3, 0.4) is 0 Å². The number of amides is 1. The van der Waals surface area contributed by atoms with Gasteiger partial charge >= 0.3 is 87.3 Å². The van der Waals surface area contributed by atoms with E-state index >= 15 is 0 Å². The summed E-state index contributed by atoms with van der Waals surface area (Å²) in [5, 5.41) is 10.8. The van der Waals surface area contributed by atoms with Crippen molar-refractivity contribution >= 4 is 11.9 Å². The van der Waals surface area contributed by atoms with Gasteiger partial charge in [0, 0.05) is 0 Å². The summed E-state index contributed by atoms with van der Waals surface area (Å²) in [4.78, 5) is 21.5. The Bertz CT molecular complexity index is 202. The molecule has 13 heavy (non-hydrogen) atoms. The maximum atomic E-state index is 11.3. The molecule has 0 radical (unpaired) electrons. The minimum atomic E-state index is -0.975. The summed E-state index contributed by atoms with van der Waals surface area (Å²) in [7, 11) is 0. The van der Waals surface area contributed by atoms with Gasteiger partial charge in [-0.05, 0) is 0 Å². The molecule has 0 aromatic rings. The first-order valence-electron chi connectivity index (χ1n) is 4.23. The molecule has 0 spiro atoms. The SMILES string of the molecule is O=C(O)CNC(=O)C1CC[I-]CC1. The van der Waals surface area contributed by atoms with Gasteiger partial charge < -0.3 is 0 Å². The zero-order chi connectivity index (χ0) is 9.68. The first-order chi connectivity index (χ1) is 6.20. The summed E-state index contributed by atoms with van der Waals surface area (Å²) in [6.45, 7) is -0.246. The first kappa shape index (κ1) is 10.7. The van der Waals surface area contributed by atoms with Crippen LogP contribution in [0, 0.1) is 5.92 Å². The molecule has 0 atom stereocenters. The molecule has 4 nitrogen and oxygen atoms in total. The van der Waals surface area contributed by atoms with Crippen molar-refractivity contribution in [3.63, 3.8) is 0 Å². The van der Waals surface area contributed by atoms with Gasteiger partial charge in [0.05, 0.1) is 0 Å². The van der Waals surface area contributed by atoms with E-state index < -0.39 is 5.97 Å². The molecule has 5 heteroatoms. The van der Waals surface area contributed by atoms with E-state index in [-0.39, 0.29) is 18.4 Å². The Morgan fingerprint density at radius 2 is 2.00 bits per heavy atom. The summed E-state index contributed by atoms with van der Waals surface area (Å²) >= 11 is 0.343. The number of nitrogens with one attached hydrogen (secondary N) is 1. The van der Waals surface area contributed by atoms with Crippen molar-refractivity contribution in [3.05, 3.63) is 0 Å². The normalized spacial score (nSPS) is 18.8. The maximum absolute atomic E-state index is 11.3. The van der Waals surface area contributed by atoms with Crippen molar-refractivity contribution in [2.45, 2.75) is 12.8 Å². The van der Waals surface area contributed by atoms with E-state index in [0.717, 1.165) is 12.8 Å². The van der Waals surface area contributed by atoms with Crippen LogP contribution >= 0.6 is 0 Å². The van der Waals surface area contributed by atoms with E-state index in [1.807, 2.05) is 0 Å². The van der Waals surface area contributed by atoms with Gasteiger partial charge in [0.2, 0.25) is 0 Å². The molecule has 1 aliphatic rings. The topological polar surface area (TPSA) is 66.4 Å². The second-order valence-corrected chi connectivity index (χ2v) is 6.19. The number of carbonyl (C=O) groups excluding carboxylic acids is 1. The Kier molecular flexibility index (Phi) is 4.47. The number of aliphatic carboxylic acids is 1. The van der Waals surface area contributed by atoms with Crippen LogP contribution in [0.2, 0.25) is 0 Å². The number of hydrogen-bond donors (Lipinski definition) is 2. The number of halogens is 1. The van der Waals surface area contributed by atoms with Crippen molar-refractivity contribution in [1.82, 2.24) is 5.32 Å². The van der Waals surface area contributed by atoms with Crippen LogP contribution in [-0.2, 0) is 9.59 Å². The average Bonchev–Trinajstić information content (AvgIpc) is 2.15. The van der Waals surface area contributed by atoms with E-state index in [1.165, 1.54) is 8.86 Å². The minimum absolute atomic E-state index is 0.0767. The quantitative estimate of drug-likeness (QED) is 0.423. The summed E-state index contributed by atoms with van der Waals surface area (Å²) in [6.07, 6.45) is 1.91. The second-order valence-electron chi connectivity index (χ2n) is 2.95. The zero-order valence-electron chi connectivity index (χ0n) is 7.25. The van der Waals surface area contributed by atoms with E-state index in [4.69, 9.17) is 5.11 Å². The average molecular weight is 298 g/mol. The Labute approximate surface area is 87.3 Å². The molecule has 0 aromatic heterocycles. The second kappa shape index (κ2) is 5.41. The van der Waals surface area contributed by atoms with Crippen LogP contribution in [0.25, 0.3) is 0 Å². The van der Waals surface area contributed by atoms with Crippen LogP contribution in [-0.4, -0.2) is 32.4 Å². The molecule has 1 saturated heterocycles. The van der Waals surface area contributed by atoms with Crippen molar-refractivity contribution in [1.29, 1.82) is 0 Å². The molecule has 0 unspecified atom stereocenters. The predicted octanol–water partition coefficient (Wildman–Crippen LogP) is -3.31. The molecule has 76 valence electrons. The molecule has 1 heterocycles. The van der Waals surface area contributed by atoms with Crippen LogP contribution < -0.4 is 26.5 Å². The number of alkyl halides is 2. The molecule has 2 N–H and O–H groups in total. The van der Waals surface area contributed by atoms with Gasteiger partial charge in [-0.25, -0.2) is 0 Å². The summed E-state index contributed by atoms with van der Waals surface area (Å²) in [6, 6.07) is 0. The Morgan fingerprint density at radius 1 is 1.38 bits per heavy atom. The molecule has 0 aromatic carbocycles. The van der Waals surface area contributed by atoms with Gasteiger partial charge in [-0.1, -0.05) is 0 Å². The van der Waals surface area contributed by atoms with Crippen molar-refractivity contribution in [3.8, 4) is 0 Å². The van der Waals surface area contributed by atoms with Crippen LogP contribution in [0.15, 0.2) is 0 Å². The first-order valence-corrected chi connectivity index (χ1v) is 7.28. The van der Waals surface area contributed by atoms with Crippen LogP contribution in [0.1, 0.15) is 12.8 Å². The molecule has 0 aliphatic carbocycles.